The summed E-state index contributed by atoms with van der Waals surface area (Å²) in [5.41, 5.74) is 1.28. The minimum absolute atomic E-state index is 0.00852. The van der Waals surface area contributed by atoms with Crippen molar-refractivity contribution in [3.05, 3.63) is 58.3 Å². The lowest BCUT2D eigenvalue weighted by Crippen LogP contribution is -2.41. The molecule has 5 nitrogen and oxygen atoms in total. The van der Waals surface area contributed by atoms with Crippen LogP contribution < -0.4 is 10.6 Å². The summed E-state index contributed by atoms with van der Waals surface area (Å²) in [7, 11) is 3.49. The van der Waals surface area contributed by atoms with Gasteiger partial charge in [-0.2, -0.15) is 0 Å². The number of hydrogen-bond donors (Lipinski definition) is 2. The van der Waals surface area contributed by atoms with E-state index in [0.717, 1.165) is 25.9 Å². The third-order valence-corrected chi connectivity index (χ3v) is 5.07. The van der Waals surface area contributed by atoms with Crippen molar-refractivity contribution in [2.45, 2.75) is 19.8 Å². The number of likely N-dealkylation sites (N-methyl/N-ethyl adjacent to an activating group) is 1. The predicted octanol–water partition coefficient (Wildman–Crippen LogP) is 2.79. The van der Waals surface area contributed by atoms with Gasteiger partial charge in [0.2, 0.25) is 5.91 Å². The first-order valence-electron chi connectivity index (χ1n) is 9.33. The van der Waals surface area contributed by atoms with Gasteiger partial charge in [-0.3, -0.25) is 4.79 Å². The molecule has 0 fully saturated rings. The van der Waals surface area contributed by atoms with Gasteiger partial charge in [-0.25, -0.2) is 4.99 Å². The molecule has 1 unspecified atom stereocenters. The van der Waals surface area contributed by atoms with Crippen LogP contribution in [0.4, 0.5) is 0 Å². The topological polar surface area (TPSA) is 56.7 Å². The Hall–Kier alpha value is -2.34. The van der Waals surface area contributed by atoms with E-state index in [9.17, 15) is 4.79 Å². The van der Waals surface area contributed by atoms with Crippen molar-refractivity contribution >= 4 is 23.2 Å². The first-order valence-corrected chi connectivity index (χ1v) is 10.2. The Bertz CT molecular complexity index is 698. The molecule has 1 aromatic heterocycles. The monoisotopic (exact) mass is 386 g/mol. The standard InChI is InChI=1S/C21H30N4OS/c1-17(14-19-10-7-13-27-19)15-23-21(24-16-20(26)25(2)3)22-12-11-18-8-5-4-6-9-18/h4-10,13,17H,11-12,14-16H2,1-3H3,(H2,22,23,24). The highest BCUT2D eigenvalue weighted by Gasteiger charge is 2.08. The zero-order chi connectivity index (χ0) is 19.5. The molecule has 1 atom stereocenters. The summed E-state index contributed by atoms with van der Waals surface area (Å²) in [4.78, 5) is 19.3. The van der Waals surface area contributed by atoms with Gasteiger partial charge in [0.1, 0.15) is 6.54 Å². The van der Waals surface area contributed by atoms with Crippen LogP contribution in [0, 0.1) is 5.92 Å². The second-order valence-electron chi connectivity index (χ2n) is 6.88. The molecule has 0 aliphatic heterocycles. The zero-order valence-electron chi connectivity index (χ0n) is 16.4. The third-order valence-electron chi connectivity index (χ3n) is 4.17. The fourth-order valence-electron chi connectivity index (χ4n) is 2.55. The number of amides is 1. The number of hydrogen-bond acceptors (Lipinski definition) is 3. The van der Waals surface area contributed by atoms with Gasteiger partial charge in [0.05, 0.1) is 0 Å². The molecule has 0 radical (unpaired) electrons. The number of benzene rings is 1. The Kier molecular flexibility index (Phi) is 8.84. The van der Waals surface area contributed by atoms with E-state index in [1.807, 2.05) is 18.2 Å². The largest absolute Gasteiger partial charge is 0.356 e. The number of carbonyl (C=O) groups excluding carboxylic acids is 1. The Morgan fingerprint density at radius 3 is 2.59 bits per heavy atom. The first-order chi connectivity index (χ1) is 13.0. The van der Waals surface area contributed by atoms with E-state index in [4.69, 9.17) is 0 Å². The predicted molar refractivity (Wildman–Crippen MR) is 114 cm³/mol. The van der Waals surface area contributed by atoms with Crippen molar-refractivity contribution in [3.8, 4) is 0 Å². The molecule has 0 bridgehead atoms. The van der Waals surface area contributed by atoms with Crippen molar-refractivity contribution in [2.24, 2.45) is 10.9 Å². The Labute approximate surface area is 166 Å². The maximum absolute atomic E-state index is 11.9. The molecule has 1 aromatic carbocycles. The number of nitrogens with one attached hydrogen (secondary N) is 2. The molecule has 0 aliphatic rings. The zero-order valence-corrected chi connectivity index (χ0v) is 17.3. The Balaban J connectivity index is 1.85. The van der Waals surface area contributed by atoms with Crippen LogP contribution in [0.2, 0.25) is 0 Å². The van der Waals surface area contributed by atoms with Gasteiger partial charge >= 0.3 is 0 Å². The van der Waals surface area contributed by atoms with Crippen LogP contribution in [0.3, 0.4) is 0 Å². The molecule has 2 aromatic rings. The van der Waals surface area contributed by atoms with Crippen LogP contribution in [0.15, 0.2) is 52.8 Å². The van der Waals surface area contributed by atoms with Crippen molar-refractivity contribution in [1.29, 1.82) is 0 Å². The van der Waals surface area contributed by atoms with E-state index in [1.54, 1.807) is 30.3 Å². The minimum Gasteiger partial charge on any atom is -0.356 e. The molecule has 2 N–H and O–H groups in total. The molecule has 0 saturated heterocycles. The van der Waals surface area contributed by atoms with Crippen molar-refractivity contribution in [2.75, 3.05) is 33.7 Å². The van der Waals surface area contributed by atoms with Crippen molar-refractivity contribution < 1.29 is 4.79 Å². The van der Waals surface area contributed by atoms with E-state index in [1.165, 1.54) is 10.4 Å². The highest BCUT2D eigenvalue weighted by molar-refractivity contribution is 7.09. The normalized spacial score (nSPS) is 12.5. The average Bonchev–Trinajstić information content (AvgIpc) is 3.16. The average molecular weight is 387 g/mol. The summed E-state index contributed by atoms with van der Waals surface area (Å²) < 4.78 is 0. The molecule has 1 heterocycles. The summed E-state index contributed by atoms with van der Waals surface area (Å²) in [6, 6.07) is 14.6. The lowest BCUT2D eigenvalue weighted by molar-refractivity contribution is -0.127. The molecule has 2 rings (SSSR count). The lowest BCUT2D eigenvalue weighted by Gasteiger charge is -2.17. The van der Waals surface area contributed by atoms with Gasteiger partial charge < -0.3 is 15.5 Å². The van der Waals surface area contributed by atoms with Crippen molar-refractivity contribution in [1.82, 2.24) is 15.5 Å². The van der Waals surface area contributed by atoms with E-state index in [2.05, 4.69) is 52.2 Å². The summed E-state index contributed by atoms with van der Waals surface area (Å²) in [6.07, 6.45) is 1.95. The molecule has 146 valence electrons. The number of thiophene rings is 1. The highest BCUT2D eigenvalue weighted by atomic mass is 32.1. The molecule has 27 heavy (non-hydrogen) atoms. The van der Waals surface area contributed by atoms with E-state index in [0.29, 0.717) is 11.9 Å². The third kappa shape index (κ3) is 8.26. The number of carbonyl (C=O) groups is 1. The van der Waals surface area contributed by atoms with Crippen LogP contribution in [0.1, 0.15) is 17.4 Å². The van der Waals surface area contributed by atoms with Crippen LogP contribution in [-0.4, -0.2) is 50.5 Å². The Morgan fingerprint density at radius 2 is 1.93 bits per heavy atom. The quantitative estimate of drug-likeness (QED) is 0.515. The second kappa shape index (κ2) is 11.4. The van der Waals surface area contributed by atoms with Gasteiger partial charge in [0.25, 0.3) is 0 Å². The van der Waals surface area contributed by atoms with Crippen molar-refractivity contribution in [3.63, 3.8) is 0 Å². The van der Waals surface area contributed by atoms with Gasteiger partial charge in [0, 0.05) is 32.1 Å². The molecular formula is C21H30N4OS. The van der Waals surface area contributed by atoms with Gasteiger partial charge in [0.15, 0.2) is 5.96 Å². The highest BCUT2D eigenvalue weighted by Crippen LogP contribution is 2.13. The smallest absolute Gasteiger partial charge is 0.243 e. The van der Waals surface area contributed by atoms with Gasteiger partial charge in [-0.05, 0) is 35.8 Å². The van der Waals surface area contributed by atoms with Crippen LogP contribution in [-0.2, 0) is 17.6 Å². The summed E-state index contributed by atoms with van der Waals surface area (Å²) in [6.45, 7) is 3.95. The second-order valence-corrected chi connectivity index (χ2v) is 7.92. The molecule has 0 saturated carbocycles. The molecule has 1 amide bonds. The summed E-state index contributed by atoms with van der Waals surface area (Å²) in [5.74, 6) is 1.17. The van der Waals surface area contributed by atoms with E-state index >= 15 is 0 Å². The van der Waals surface area contributed by atoms with Crippen LogP contribution >= 0.6 is 11.3 Å². The molecular weight excluding hydrogens is 356 g/mol. The van der Waals surface area contributed by atoms with E-state index < -0.39 is 0 Å². The fraction of sp³-hybridized carbons (Fsp3) is 0.429. The molecule has 0 spiro atoms. The first kappa shape index (κ1) is 21.0. The van der Waals surface area contributed by atoms with Crippen LogP contribution in [0.25, 0.3) is 0 Å². The summed E-state index contributed by atoms with van der Waals surface area (Å²) >= 11 is 1.79. The fourth-order valence-corrected chi connectivity index (χ4v) is 3.42. The molecule has 0 aliphatic carbocycles. The number of nitrogens with zero attached hydrogens (tertiary/aromatic N) is 2. The maximum atomic E-state index is 11.9. The number of aliphatic imine (C=N–C) groups is 1. The number of guanidine groups is 1. The maximum Gasteiger partial charge on any atom is 0.243 e. The van der Waals surface area contributed by atoms with Gasteiger partial charge in [-0.1, -0.05) is 43.3 Å². The minimum atomic E-state index is -0.00852. The number of rotatable bonds is 9. The van der Waals surface area contributed by atoms with E-state index in [-0.39, 0.29) is 12.5 Å². The molecule has 6 heteroatoms. The Morgan fingerprint density at radius 1 is 1.15 bits per heavy atom. The lowest BCUT2D eigenvalue weighted by atomic mass is 10.1. The summed E-state index contributed by atoms with van der Waals surface area (Å²) in [5, 5.41) is 8.84. The van der Waals surface area contributed by atoms with Crippen LogP contribution in [0.5, 0.6) is 0 Å². The van der Waals surface area contributed by atoms with Gasteiger partial charge in [-0.15, -0.1) is 11.3 Å². The SMILES string of the molecule is CC(CNC(=NCC(=O)N(C)C)NCCc1ccccc1)Cc1cccs1.